The largest absolute Gasteiger partial charge is 0.463 e. The SMILES string of the molecule is CCCOc1nc(NN)nc(Nc2ccc(C)cc2F)n1. The highest BCUT2D eigenvalue weighted by molar-refractivity contribution is 5.55. The summed E-state index contributed by atoms with van der Waals surface area (Å²) in [7, 11) is 0. The summed E-state index contributed by atoms with van der Waals surface area (Å²) < 4.78 is 19.2. The summed E-state index contributed by atoms with van der Waals surface area (Å²) >= 11 is 0. The van der Waals surface area contributed by atoms with Gasteiger partial charge in [0.2, 0.25) is 11.9 Å². The average Bonchev–Trinajstić information content (AvgIpc) is 2.48. The molecule has 0 spiro atoms. The normalized spacial score (nSPS) is 10.3. The zero-order valence-corrected chi connectivity index (χ0v) is 11.9. The molecule has 0 atom stereocenters. The number of nitrogens with one attached hydrogen (secondary N) is 2. The summed E-state index contributed by atoms with van der Waals surface area (Å²) in [4.78, 5) is 12.0. The summed E-state index contributed by atoms with van der Waals surface area (Å²) in [6.45, 7) is 4.24. The molecule has 2 rings (SSSR count). The molecule has 1 heterocycles. The van der Waals surface area contributed by atoms with Crippen molar-refractivity contribution < 1.29 is 9.13 Å². The van der Waals surface area contributed by atoms with Gasteiger partial charge < -0.3 is 10.1 Å². The molecular weight excluding hydrogens is 275 g/mol. The molecule has 0 radical (unpaired) electrons. The number of benzene rings is 1. The molecule has 0 unspecified atom stereocenters. The standard InChI is InChI=1S/C13H17FN6O/c1-3-6-21-13-18-11(17-12(19-13)20-15)16-10-5-4-8(2)7-9(10)14/h4-5,7H,3,6,15H2,1-2H3,(H2,16,17,18,19,20). The maximum Gasteiger partial charge on any atom is 0.323 e. The summed E-state index contributed by atoms with van der Waals surface area (Å²) in [5.74, 6) is 5.18. The molecule has 112 valence electrons. The van der Waals surface area contributed by atoms with E-state index < -0.39 is 5.82 Å². The Kier molecular flexibility index (Phi) is 4.83. The number of aromatic nitrogens is 3. The summed E-state index contributed by atoms with van der Waals surface area (Å²) in [6, 6.07) is 4.93. The zero-order chi connectivity index (χ0) is 15.2. The van der Waals surface area contributed by atoms with Crippen molar-refractivity contribution in [1.29, 1.82) is 0 Å². The Bertz CT molecular complexity index is 622. The van der Waals surface area contributed by atoms with Crippen molar-refractivity contribution >= 4 is 17.6 Å². The van der Waals surface area contributed by atoms with Crippen LogP contribution in [0.3, 0.4) is 0 Å². The van der Waals surface area contributed by atoms with Crippen LogP contribution in [0.5, 0.6) is 6.01 Å². The lowest BCUT2D eigenvalue weighted by Crippen LogP contribution is -2.14. The van der Waals surface area contributed by atoms with E-state index in [2.05, 4.69) is 25.7 Å². The van der Waals surface area contributed by atoms with E-state index in [0.29, 0.717) is 6.61 Å². The molecule has 2 aromatic rings. The number of nitrogens with two attached hydrogens (primary N) is 1. The molecule has 0 aliphatic carbocycles. The van der Waals surface area contributed by atoms with E-state index in [1.807, 2.05) is 13.8 Å². The van der Waals surface area contributed by atoms with E-state index >= 15 is 0 Å². The Morgan fingerprint density at radius 3 is 2.67 bits per heavy atom. The van der Waals surface area contributed by atoms with Gasteiger partial charge in [0.15, 0.2) is 0 Å². The van der Waals surface area contributed by atoms with Gasteiger partial charge in [-0.2, -0.15) is 15.0 Å². The Balaban J connectivity index is 2.25. The van der Waals surface area contributed by atoms with E-state index in [1.54, 1.807) is 12.1 Å². The van der Waals surface area contributed by atoms with Crippen molar-refractivity contribution in [2.75, 3.05) is 17.3 Å². The Hall–Kier alpha value is -2.48. The minimum atomic E-state index is -0.395. The predicted molar refractivity (Wildman–Crippen MR) is 77.8 cm³/mol. The third kappa shape index (κ3) is 3.99. The van der Waals surface area contributed by atoms with Crippen LogP contribution in [0.15, 0.2) is 18.2 Å². The molecule has 8 heteroatoms. The Labute approximate surface area is 121 Å². The van der Waals surface area contributed by atoms with Crippen molar-refractivity contribution in [2.24, 2.45) is 5.84 Å². The van der Waals surface area contributed by atoms with Gasteiger partial charge in [0.05, 0.1) is 12.3 Å². The van der Waals surface area contributed by atoms with Gasteiger partial charge >= 0.3 is 6.01 Å². The second-order valence-corrected chi connectivity index (χ2v) is 4.37. The molecule has 0 saturated carbocycles. The number of hydrogen-bond donors (Lipinski definition) is 3. The van der Waals surface area contributed by atoms with Crippen molar-refractivity contribution in [3.63, 3.8) is 0 Å². The topological polar surface area (TPSA) is 98.0 Å². The third-order valence-electron chi connectivity index (χ3n) is 2.55. The number of hydrazine groups is 1. The number of ether oxygens (including phenoxy) is 1. The highest BCUT2D eigenvalue weighted by Crippen LogP contribution is 2.20. The summed E-state index contributed by atoms with van der Waals surface area (Å²) in [6.07, 6.45) is 0.812. The smallest absolute Gasteiger partial charge is 0.323 e. The van der Waals surface area contributed by atoms with E-state index in [4.69, 9.17) is 10.6 Å². The first-order valence-corrected chi connectivity index (χ1v) is 6.51. The van der Waals surface area contributed by atoms with Gasteiger partial charge in [-0.15, -0.1) is 0 Å². The predicted octanol–water partition coefficient (Wildman–Crippen LogP) is 2.14. The van der Waals surface area contributed by atoms with Crippen molar-refractivity contribution in [2.45, 2.75) is 20.3 Å². The molecule has 0 saturated heterocycles. The maximum atomic E-state index is 13.8. The number of halogens is 1. The molecule has 21 heavy (non-hydrogen) atoms. The van der Waals surface area contributed by atoms with Crippen LogP contribution in [-0.4, -0.2) is 21.6 Å². The zero-order valence-electron chi connectivity index (χ0n) is 11.9. The van der Waals surface area contributed by atoms with Gasteiger partial charge in [-0.3, -0.25) is 5.43 Å². The van der Waals surface area contributed by atoms with E-state index in [9.17, 15) is 4.39 Å². The number of nitrogen functional groups attached to an aromatic ring is 1. The number of rotatable bonds is 6. The van der Waals surface area contributed by atoms with Gasteiger partial charge in [-0.05, 0) is 31.0 Å². The van der Waals surface area contributed by atoms with E-state index in [0.717, 1.165) is 12.0 Å². The van der Waals surface area contributed by atoms with E-state index in [1.165, 1.54) is 6.07 Å². The fraction of sp³-hybridized carbons (Fsp3) is 0.308. The first kappa shape index (κ1) is 14.9. The first-order chi connectivity index (χ1) is 10.1. The fourth-order valence-corrected chi connectivity index (χ4v) is 1.58. The molecule has 0 fully saturated rings. The second-order valence-electron chi connectivity index (χ2n) is 4.37. The molecule has 4 N–H and O–H groups in total. The molecule has 1 aromatic heterocycles. The highest BCUT2D eigenvalue weighted by Gasteiger charge is 2.09. The van der Waals surface area contributed by atoms with E-state index in [-0.39, 0.29) is 23.6 Å². The van der Waals surface area contributed by atoms with Crippen molar-refractivity contribution in [1.82, 2.24) is 15.0 Å². The lowest BCUT2D eigenvalue weighted by atomic mass is 10.2. The van der Waals surface area contributed by atoms with Crippen LogP contribution in [0.25, 0.3) is 0 Å². The van der Waals surface area contributed by atoms with Crippen LogP contribution in [0.4, 0.5) is 22.0 Å². The lowest BCUT2D eigenvalue weighted by Gasteiger charge is -2.09. The maximum absolute atomic E-state index is 13.8. The molecular formula is C13H17FN6O. The van der Waals surface area contributed by atoms with Crippen LogP contribution in [0.2, 0.25) is 0 Å². The minimum Gasteiger partial charge on any atom is -0.463 e. The van der Waals surface area contributed by atoms with Crippen LogP contribution in [0.1, 0.15) is 18.9 Å². The Morgan fingerprint density at radius 1 is 1.24 bits per heavy atom. The van der Waals surface area contributed by atoms with Gasteiger partial charge in [-0.25, -0.2) is 10.2 Å². The average molecular weight is 292 g/mol. The van der Waals surface area contributed by atoms with Gasteiger partial charge in [-0.1, -0.05) is 13.0 Å². The monoisotopic (exact) mass is 292 g/mol. The van der Waals surface area contributed by atoms with Crippen molar-refractivity contribution in [3.8, 4) is 6.01 Å². The van der Waals surface area contributed by atoms with Crippen LogP contribution in [-0.2, 0) is 0 Å². The van der Waals surface area contributed by atoms with Crippen LogP contribution >= 0.6 is 0 Å². The molecule has 1 aromatic carbocycles. The number of hydrogen-bond acceptors (Lipinski definition) is 7. The lowest BCUT2D eigenvalue weighted by molar-refractivity contribution is 0.292. The number of nitrogens with zero attached hydrogens (tertiary/aromatic N) is 3. The fourth-order valence-electron chi connectivity index (χ4n) is 1.58. The number of aryl methyl sites for hydroxylation is 1. The molecule has 0 aliphatic rings. The highest BCUT2D eigenvalue weighted by atomic mass is 19.1. The van der Waals surface area contributed by atoms with Crippen molar-refractivity contribution in [3.05, 3.63) is 29.6 Å². The quantitative estimate of drug-likeness (QED) is 0.554. The number of anilines is 3. The van der Waals surface area contributed by atoms with Gasteiger partial charge in [0, 0.05) is 0 Å². The minimum absolute atomic E-state index is 0.120. The van der Waals surface area contributed by atoms with Gasteiger partial charge in [0.25, 0.3) is 0 Å². The Morgan fingerprint density at radius 2 is 2.00 bits per heavy atom. The second kappa shape index (κ2) is 6.80. The van der Waals surface area contributed by atoms with Crippen LogP contribution < -0.4 is 21.3 Å². The third-order valence-corrected chi connectivity index (χ3v) is 2.55. The molecule has 0 aliphatic heterocycles. The van der Waals surface area contributed by atoms with Crippen LogP contribution in [0, 0.1) is 12.7 Å². The first-order valence-electron chi connectivity index (χ1n) is 6.51. The summed E-state index contributed by atoms with van der Waals surface area (Å²) in [5, 5.41) is 2.78. The molecule has 0 bridgehead atoms. The summed E-state index contributed by atoms with van der Waals surface area (Å²) in [5.41, 5.74) is 3.40. The molecule has 0 amide bonds. The molecule has 7 nitrogen and oxygen atoms in total. The van der Waals surface area contributed by atoms with Gasteiger partial charge in [0.1, 0.15) is 5.82 Å².